The molecule has 1 aromatic heterocycles. The third kappa shape index (κ3) is 4.40. The summed E-state index contributed by atoms with van der Waals surface area (Å²) in [6.45, 7) is 1.69. The molecule has 29 heavy (non-hydrogen) atoms. The van der Waals surface area contributed by atoms with E-state index in [1.807, 2.05) is 60.7 Å². The van der Waals surface area contributed by atoms with E-state index >= 15 is 0 Å². The molecule has 2 heterocycles. The van der Waals surface area contributed by atoms with Crippen LogP contribution in [0.25, 0.3) is 11.1 Å². The summed E-state index contributed by atoms with van der Waals surface area (Å²) in [5.41, 5.74) is 4.01. The molecule has 1 saturated heterocycles. The Morgan fingerprint density at radius 2 is 1.83 bits per heavy atom. The first-order valence-corrected chi connectivity index (χ1v) is 9.94. The summed E-state index contributed by atoms with van der Waals surface area (Å²) in [6, 6.07) is 19.8. The van der Waals surface area contributed by atoms with Crippen molar-refractivity contribution in [2.45, 2.75) is 12.8 Å². The zero-order chi connectivity index (χ0) is 20.1. The summed E-state index contributed by atoms with van der Waals surface area (Å²) in [4.78, 5) is 19.4. The predicted molar refractivity (Wildman–Crippen MR) is 116 cm³/mol. The molecule has 148 valence electrons. The summed E-state index contributed by atoms with van der Waals surface area (Å²) >= 11 is 0. The van der Waals surface area contributed by atoms with E-state index in [0.717, 1.165) is 54.2 Å². The van der Waals surface area contributed by atoms with Crippen LogP contribution in [0.4, 0.5) is 11.4 Å². The lowest BCUT2D eigenvalue weighted by molar-refractivity contribution is -0.120. The van der Waals surface area contributed by atoms with E-state index in [1.165, 1.54) is 0 Å². The summed E-state index contributed by atoms with van der Waals surface area (Å²) in [5.74, 6) is 0.847. The highest BCUT2D eigenvalue weighted by molar-refractivity contribution is 5.97. The Morgan fingerprint density at radius 3 is 2.59 bits per heavy atom. The molecule has 1 fully saturated rings. The minimum atomic E-state index is -0.0409. The first-order chi connectivity index (χ1) is 14.2. The van der Waals surface area contributed by atoms with Crippen LogP contribution in [0, 0.1) is 5.92 Å². The fourth-order valence-electron chi connectivity index (χ4n) is 3.83. The SMILES string of the molecule is COc1ccc(-c2ccccc2NC(=O)[C@H]2CCCN(c3ccncc3)C2)cc1. The summed E-state index contributed by atoms with van der Waals surface area (Å²) in [5, 5.41) is 3.17. The second-order valence-electron chi connectivity index (χ2n) is 7.25. The Labute approximate surface area is 171 Å². The second kappa shape index (κ2) is 8.78. The van der Waals surface area contributed by atoms with Gasteiger partial charge in [-0.1, -0.05) is 30.3 Å². The monoisotopic (exact) mass is 387 g/mol. The smallest absolute Gasteiger partial charge is 0.229 e. The van der Waals surface area contributed by atoms with Gasteiger partial charge in [-0.15, -0.1) is 0 Å². The molecule has 4 rings (SSSR count). The first kappa shape index (κ1) is 19.0. The van der Waals surface area contributed by atoms with Crippen LogP contribution in [0.1, 0.15) is 12.8 Å². The number of aromatic nitrogens is 1. The van der Waals surface area contributed by atoms with Crippen LogP contribution in [0.3, 0.4) is 0 Å². The quantitative estimate of drug-likeness (QED) is 0.694. The topological polar surface area (TPSA) is 54.5 Å². The van der Waals surface area contributed by atoms with Crippen molar-refractivity contribution >= 4 is 17.3 Å². The molecule has 5 nitrogen and oxygen atoms in total. The molecule has 1 aliphatic heterocycles. The van der Waals surface area contributed by atoms with Gasteiger partial charge in [-0.05, 0) is 48.7 Å². The number of pyridine rings is 1. The molecular formula is C24H25N3O2. The number of methoxy groups -OCH3 is 1. The first-order valence-electron chi connectivity index (χ1n) is 9.94. The van der Waals surface area contributed by atoms with E-state index in [2.05, 4.69) is 15.2 Å². The Hall–Kier alpha value is -3.34. The van der Waals surface area contributed by atoms with Gasteiger partial charge in [0, 0.05) is 42.4 Å². The molecule has 0 bridgehead atoms. The van der Waals surface area contributed by atoms with Crippen molar-refractivity contribution in [3.05, 3.63) is 73.1 Å². The van der Waals surface area contributed by atoms with Crippen LogP contribution in [0.2, 0.25) is 0 Å². The van der Waals surface area contributed by atoms with E-state index in [4.69, 9.17) is 4.74 Å². The second-order valence-corrected chi connectivity index (χ2v) is 7.25. The minimum Gasteiger partial charge on any atom is -0.497 e. The van der Waals surface area contributed by atoms with Crippen molar-refractivity contribution in [2.24, 2.45) is 5.92 Å². The molecular weight excluding hydrogens is 362 g/mol. The Morgan fingerprint density at radius 1 is 1.07 bits per heavy atom. The highest BCUT2D eigenvalue weighted by atomic mass is 16.5. The molecule has 1 aliphatic rings. The maximum atomic E-state index is 13.1. The lowest BCUT2D eigenvalue weighted by Gasteiger charge is -2.33. The summed E-state index contributed by atoms with van der Waals surface area (Å²) < 4.78 is 5.25. The van der Waals surface area contributed by atoms with Gasteiger partial charge >= 0.3 is 0 Å². The van der Waals surface area contributed by atoms with E-state index in [9.17, 15) is 4.79 Å². The lowest BCUT2D eigenvalue weighted by Crippen LogP contribution is -2.40. The van der Waals surface area contributed by atoms with Crippen LogP contribution in [-0.2, 0) is 4.79 Å². The molecule has 5 heteroatoms. The Balaban J connectivity index is 1.49. The molecule has 0 saturated carbocycles. The standard InChI is InChI=1S/C24H25N3O2/c1-29-21-10-8-18(9-11-21)22-6-2-3-7-23(22)26-24(28)19-5-4-16-27(17-19)20-12-14-25-15-13-20/h2-3,6-15,19H,4-5,16-17H2,1H3,(H,26,28)/t19-/m0/s1. The Bertz CT molecular complexity index is 957. The highest BCUT2D eigenvalue weighted by Crippen LogP contribution is 2.30. The molecule has 1 N–H and O–H groups in total. The minimum absolute atomic E-state index is 0.0409. The molecule has 0 aliphatic carbocycles. The lowest BCUT2D eigenvalue weighted by atomic mass is 9.96. The molecule has 1 amide bonds. The number of para-hydroxylation sites is 1. The largest absolute Gasteiger partial charge is 0.497 e. The van der Waals surface area contributed by atoms with Crippen LogP contribution < -0.4 is 15.0 Å². The maximum Gasteiger partial charge on any atom is 0.229 e. The zero-order valence-corrected chi connectivity index (χ0v) is 16.5. The van der Waals surface area contributed by atoms with Crippen molar-refractivity contribution in [1.29, 1.82) is 0 Å². The number of nitrogens with one attached hydrogen (secondary N) is 1. The number of nitrogens with zero attached hydrogens (tertiary/aromatic N) is 2. The van der Waals surface area contributed by atoms with Gasteiger partial charge in [0.05, 0.1) is 13.0 Å². The van der Waals surface area contributed by atoms with Gasteiger partial charge in [-0.25, -0.2) is 0 Å². The number of amides is 1. The van der Waals surface area contributed by atoms with Crippen molar-refractivity contribution in [3.63, 3.8) is 0 Å². The van der Waals surface area contributed by atoms with Crippen LogP contribution in [0.5, 0.6) is 5.75 Å². The van der Waals surface area contributed by atoms with Crippen LogP contribution in [0.15, 0.2) is 73.1 Å². The van der Waals surface area contributed by atoms with E-state index in [-0.39, 0.29) is 11.8 Å². The molecule has 1 atom stereocenters. The van der Waals surface area contributed by atoms with Crippen molar-refractivity contribution < 1.29 is 9.53 Å². The summed E-state index contributed by atoms with van der Waals surface area (Å²) in [6.07, 6.45) is 5.49. The molecule has 0 radical (unpaired) electrons. The average Bonchev–Trinajstić information content (AvgIpc) is 2.80. The van der Waals surface area contributed by atoms with Gasteiger partial charge < -0.3 is 15.0 Å². The van der Waals surface area contributed by atoms with Crippen LogP contribution in [-0.4, -0.2) is 31.1 Å². The number of carbonyl (C=O) groups is 1. The number of benzene rings is 2. The Kier molecular flexibility index (Phi) is 5.75. The number of ether oxygens (including phenoxy) is 1. The normalized spacial score (nSPS) is 16.3. The van der Waals surface area contributed by atoms with Gasteiger partial charge in [-0.3, -0.25) is 9.78 Å². The maximum absolute atomic E-state index is 13.1. The van der Waals surface area contributed by atoms with Gasteiger partial charge in [0.2, 0.25) is 5.91 Å². The summed E-state index contributed by atoms with van der Waals surface area (Å²) in [7, 11) is 1.66. The van der Waals surface area contributed by atoms with Gasteiger partial charge in [0.1, 0.15) is 5.75 Å². The van der Waals surface area contributed by atoms with Crippen molar-refractivity contribution in [3.8, 4) is 16.9 Å². The van der Waals surface area contributed by atoms with Gasteiger partial charge in [0.25, 0.3) is 0 Å². The number of hydrogen-bond acceptors (Lipinski definition) is 4. The third-order valence-electron chi connectivity index (χ3n) is 5.41. The number of hydrogen-bond donors (Lipinski definition) is 1. The predicted octanol–water partition coefficient (Wildman–Crippen LogP) is 4.61. The van der Waals surface area contributed by atoms with E-state index in [0.29, 0.717) is 0 Å². The fourth-order valence-corrected chi connectivity index (χ4v) is 3.83. The molecule has 0 unspecified atom stereocenters. The number of rotatable bonds is 5. The van der Waals surface area contributed by atoms with Crippen molar-refractivity contribution in [1.82, 2.24) is 4.98 Å². The van der Waals surface area contributed by atoms with Gasteiger partial charge in [-0.2, -0.15) is 0 Å². The van der Waals surface area contributed by atoms with E-state index < -0.39 is 0 Å². The average molecular weight is 387 g/mol. The van der Waals surface area contributed by atoms with Crippen molar-refractivity contribution in [2.75, 3.05) is 30.4 Å². The molecule has 0 spiro atoms. The number of anilines is 2. The molecule has 3 aromatic rings. The number of piperidine rings is 1. The van der Waals surface area contributed by atoms with Crippen LogP contribution >= 0.6 is 0 Å². The number of carbonyl (C=O) groups excluding carboxylic acids is 1. The third-order valence-corrected chi connectivity index (χ3v) is 5.41. The highest BCUT2D eigenvalue weighted by Gasteiger charge is 2.26. The zero-order valence-electron chi connectivity index (χ0n) is 16.5. The van der Waals surface area contributed by atoms with E-state index in [1.54, 1.807) is 19.5 Å². The fraction of sp³-hybridized carbons (Fsp3) is 0.250. The van der Waals surface area contributed by atoms with Gasteiger partial charge in [0.15, 0.2) is 0 Å². The molecule has 2 aromatic carbocycles.